The molecule has 0 aromatic rings. The average Bonchev–Trinajstić information content (AvgIpc) is 1.41. The molecule has 0 heterocycles. The number of aliphatic hydroxyl groups is 1. The summed E-state index contributed by atoms with van der Waals surface area (Å²) >= 11 is 0. The molecular weight excluding hydrogens is 271 g/mol. The number of aliphatic hydroxyl groups excluding tert-OH is 1. The Balaban J connectivity index is 0. The second kappa shape index (κ2) is 9.30. The van der Waals surface area contributed by atoms with Gasteiger partial charge in [0, 0.05) is 6.61 Å². The van der Waals surface area contributed by atoms with E-state index in [4.69, 9.17) is 5.11 Å². The van der Waals surface area contributed by atoms with Crippen molar-refractivity contribution in [2.75, 3.05) is 6.61 Å². The fraction of sp³-hybridized carbons (Fsp3) is 1.00. The zero-order valence-electron chi connectivity index (χ0n) is 4.28. The van der Waals surface area contributed by atoms with E-state index in [0.29, 0.717) is 6.61 Å². The van der Waals surface area contributed by atoms with E-state index in [0.717, 1.165) is 12.8 Å². The Morgan fingerprint density at radius 2 is 2.00 bits per heavy atom. The molecule has 0 saturated heterocycles. The molecule has 1 nitrogen and oxygen atoms in total. The van der Waals surface area contributed by atoms with Crippen molar-refractivity contribution in [3.63, 3.8) is 0 Å². The summed E-state index contributed by atoms with van der Waals surface area (Å²) < 4.78 is 0. The summed E-state index contributed by atoms with van der Waals surface area (Å²) in [6.07, 6.45) is 2.04. The third-order valence-electron chi connectivity index (χ3n) is 0.512. The van der Waals surface area contributed by atoms with Crippen molar-refractivity contribution in [1.29, 1.82) is 0 Å². The summed E-state index contributed by atoms with van der Waals surface area (Å²) in [6, 6.07) is 0. The van der Waals surface area contributed by atoms with Crippen molar-refractivity contribution < 1.29 is 5.11 Å². The van der Waals surface area contributed by atoms with Gasteiger partial charge in [-0.1, -0.05) is 13.3 Å². The van der Waals surface area contributed by atoms with Gasteiger partial charge in [0.25, 0.3) is 0 Å². The van der Waals surface area contributed by atoms with E-state index in [9.17, 15) is 0 Å². The predicted molar refractivity (Wildman–Crippen MR) is 30.5 cm³/mol. The number of unbranched alkanes of at least 4 members (excludes halogenated alkanes) is 1. The van der Waals surface area contributed by atoms with Crippen molar-refractivity contribution in [3.8, 4) is 0 Å². The van der Waals surface area contributed by atoms with Crippen LogP contribution < -0.4 is 0 Å². The molecule has 0 spiro atoms. The fourth-order valence-electron chi connectivity index (χ4n) is 0.158. The minimum atomic E-state index is 0. The minimum absolute atomic E-state index is 0. The van der Waals surface area contributed by atoms with Gasteiger partial charge in [-0.05, 0) is 6.42 Å². The third kappa shape index (κ3) is 8.86. The molecule has 2 radical (unpaired) electrons. The Morgan fingerprint density at radius 3 is 2.00 bits per heavy atom. The van der Waals surface area contributed by atoms with Gasteiger partial charge in [-0.3, -0.25) is 0 Å². The topological polar surface area (TPSA) is 20.2 Å². The van der Waals surface area contributed by atoms with E-state index < -0.39 is 0 Å². The SMILES string of the molecule is CCCCO.[PbH2]. The van der Waals surface area contributed by atoms with Gasteiger partial charge >= 0.3 is 27.3 Å². The van der Waals surface area contributed by atoms with E-state index in [2.05, 4.69) is 6.92 Å². The van der Waals surface area contributed by atoms with E-state index in [1.165, 1.54) is 0 Å². The first-order valence-electron chi connectivity index (χ1n) is 2.02. The molecule has 38 valence electrons. The predicted octanol–water partition coefficient (Wildman–Crippen LogP) is -0.137. The van der Waals surface area contributed by atoms with Crippen LogP contribution in [0.5, 0.6) is 0 Å². The first-order chi connectivity index (χ1) is 2.41. The number of hydrogen-bond acceptors (Lipinski definition) is 1. The van der Waals surface area contributed by atoms with Crippen molar-refractivity contribution in [3.05, 3.63) is 0 Å². The third-order valence-corrected chi connectivity index (χ3v) is 0.512. The Bertz CT molecular complexity index is 15.0. The monoisotopic (exact) mass is 284 g/mol. The van der Waals surface area contributed by atoms with Crippen molar-refractivity contribution in [1.82, 2.24) is 0 Å². The first kappa shape index (κ1) is 9.99. The molecule has 0 rings (SSSR count). The Morgan fingerprint density at radius 1 is 1.50 bits per heavy atom. The van der Waals surface area contributed by atoms with Gasteiger partial charge in [-0.15, -0.1) is 0 Å². The molecule has 0 saturated carbocycles. The van der Waals surface area contributed by atoms with Gasteiger partial charge in [0.2, 0.25) is 0 Å². The molecule has 0 amide bonds. The van der Waals surface area contributed by atoms with Crippen LogP contribution in [-0.4, -0.2) is 39.0 Å². The van der Waals surface area contributed by atoms with Crippen molar-refractivity contribution in [2.45, 2.75) is 19.8 Å². The van der Waals surface area contributed by atoms with Crippen LogP contribution in [0.25, 0.3) is 0 Å². The van der Waals surface area contributed by atoms with Crippen LogP contribution in [-0.2, 0) is 0 Å². The molecule has 0 fully saturated rings. The average molecular weight is 283 g/mol. The maximum absolute atomic E-state index is 8.07. The quantitative estimate of drug-likeness (QED) is 0.700. The Kier molecular flexibility index (Phi) is 15.5. The number of rotatable bonds is 2. The van der Waals surface area contributed by atoms with E-state index >= 15 is 0 Å². The maximum atomic E-state index is 8.07. The Labute approximate surface area is 58.9 Å². The molecule has 0 aliphatic rings. The van der Waals surface area contributed by atoms with Crippen LogP contribution in [0.4, 0.5) is 0 Å². The molecule has 1 N–H and O–H groups in total. The van der Waals surface area contributed by atoms with Crippen LogP contribution in [0.15, 0.2) is 0 Å². The summed E-state index contributed by atoms with van der Waals surface area (Å²) in [7, 11) is 0. The van der Waals surface area contributed by atoms with Crippen molar-refractivity contribution in [2.24, 2.45) is 0 Å². The van der Waals surface area contributed by atoms with E-state index in [-0.39, 0.29) is 27.3 Å². The molecular formula is C4H12OPb. The number of hydrogen-bond donors (Lipinski definition) is 1. The normalized spacial score (nSPS) is 7.00. The molecule has 0 aromatic carbocycles. The molecule has 2 heteroatoms. The standard InChI is InChI=1S/C4H10O.Pb.2H/c1-2-3-4-5;;;/h5H,2-4H2,1H3;;;. The second-order valence-electron chi connectivity index (χ2n) is 1.08. The van der Waals surface area contributed by atoms with Crippen LogP contribution in [0.2, 0.25) is 0 Å². The second-order valence-corrected chi connectivity index (χ2v) is 1.08. The summed E-state index contributed by atoms with van der Waals surface area (Å²) in [6.45, 7) is 2.40. The van der Waals surface area contributed by atoms with Gasteiger partial charge in [0.1, 0.15) is 0 Å². The van der Waals surface area contributed by atoms with Gasteiger partial charge < -0.3 is 5.11 Å². The van der Waals surface area contributed by atoms with Crippen LogP contribution >= 0.6 is 0 Å². The molecule has 0 atom stereocenters. The van der Waals surface area contributed by atoms with Gasteiger partial charge in [-0.25, -0.2) is 0 Å². The van der Waals surface area contributed by atoms with Crippen LogP contribution in [0, 0.1) is 0 Å². The molecule has 6 heavy (non-hydrogen) atoms. The van der Waals surface area contributed by atoms with Gasteiger partial charge in [0.05, 0.1) is 0 Å². The summed E-state index contributed by atoms with van der Waals surface area (Å²) in [5.74, 6) is 0. The Hall–Kier alpha value is 0.882. The van der Waals surface area contributed by atoms with Crippen molar-refractivity contribution >= 4 is 27.3 Å². The zero-order valence-corrected chi connectivity index (χ0v) is 9.77. The first-order valence-corrected chi connectivity index (χ1v) is 2.02. The van der Waals surface area contributed by atoms with E-state index in [1.54, 1.807) is 0 Å². The van der Waals surface area contributed by atoms with Crippen LogP contribution in [0.3, 0.4) is 0 Å². The molecule has 0 aromatic heterocycles. The molecule has 0 aliphatic carbocycles. The van der Waals surface area contributed by atoms with Crippen LogP contribution in [0.1, 0.15) is 19.8 Å². The molecule has 0 bridgehead atoms. The summed E-state index contributed by atoms with van der Waals surface area (Å²) in [5.41, 5.74) is 0. The van der Waals surface area contributed by atoms with E-state index in [1.807, 2.05) is 0 Å². The summed E-state index contributed by atoms with van der Waals surface area (Å²) in [5, 5.41) is 8.07. The van der Waals surface area contributed by atoms with Gasteiger partial charge in [-0.2, -0.15) is 0 Å². The zero-order chi connectivity index (χ0) is 4.12. The molecule has 0 aliphatic heterocycles. The van der Waals surface area contributed by atoms with Gasteiger partial charge in [0.15, 0.2) is 0 Å². The fourth-order valence-corrected chi connectivity index (χ4v) is 0.158. The molecule has 0 unspecified atom stereocenters. The summed E-state index contributed by atoms with van der Waals surface area (Å²) in [4.78, 5) is 0.